The number of ether oxygens (including phenoxy) is 1. The number of fused-ring (bicyclic) bond motifs is 1. The fraction of sp³-hybridized carbons (Fsp3) is 0.333. The second kappa shape index (κ2) is 9.24. The second-order valence-corrected chi connectivity index (χ2v) is 9.94. The number of nitrogens with zero attached hydrogens (tertiary/aromatic N) is 3. The molecule has 2 aliphatic rings. The monoisotopic (exact) mass is 481 g/mol. The number of amides is 3. The third-order valence-corrected chi connectivity index (χ3v) is 7.64. The van der Waals surface area contributed by atoms with Crippen LogP contribution in [0.1, 0.15) is 36.0 Å². The quantitative estimate of drug-likeness (QED) is 0.381. The molecule has 0 bridgehead atoms. The molecule has 2 fully saturated rings. The number of imide groups is 1. The van der Waals surface area contributed by atoms with E-state index in [0.29, 0.717) is 29.5 Å². The molecule has 2 saturated heterocycles. The molecule has 3 amide bonds. The molecule has 2 aliphatic heterocycles. The molecule has 2 aromatic carbocycles. The Hall–Kier alpha value is -2.75. The minimum Gasteiger partial charge on any atom is -0.376 e. The minimum absolute atomic E-state index is 0.0485. The van der Waals surface area contributed by atoms with Crippen LogP contribution >= 0.6 is 23.1 Å². The predicted octanol–water partition coefficient (Wildman–Crippen LogP) is 4.50. The maximum absolute atomic E-state index is 13.7. The number of carbonyl (C=O) groups is 3. The summed E-state index contributed by atoms with van der Waals surface area (Å²) in [5, 5.41) is 0.613. The van der Waals surface area contributed by atoms with Crippen LogP contribution in [0.4, 0.5) is 10.8 Å². The lowest BCUT2D eigenvalue weighted by molar-refractivity contribution is -0.121. The van der Waals surface area contributed by atoms with Gasteiger partial charge in [0.05, 0.1) is 28.6 Å². The van der Waals surface area contributed by atoms with Crippen LogP contribution in [0.2, 0.25) is 0 Å². The Bertz CT molecular complexity index is 1220. The van der Waals surface area contributed by atoms with E-state index in [1.807, 2.05) is 18.4 Å². The molecular formula is C24H23N3O4S2. The number of carbonyl (C=O) groups excluding carboxylic acids is 3. The van der Waals surface area contributed by atoms with Gasteiger partial charge in [-0.15, -0.1) is 11.8 Å². The molecule has 0 aliphatic carbocycles. The summed E-state index contributed by atoms with van der Waals surface area (Å²) in [6.07, 6.45) is 4.24. The van der Waals surface area contributed by atoms with Crippen molar-refractivity contribution in [3.8, 4) is 0 Å². The number of hydrogen-bond donors (Lipinski definition) is 0. The summed E-state index contributed by atoms with van der Waals surface area (Å²) in [6, 6.07) is 12.8. The summed E-state index contributed by atoms with van der Waals surface area (Å²) in [6.45, 7) is 1.10. The maximum atomic E-state index is 13.7. The maximum Gasteiger partial charge on any atom is 0.260 e. The molecule has 0 spiro atoms. The zero-order valence-corrected chi connectivity index (χ0v) is 19.8. The molecule has 9 heteroatoms. The van der Waals surface area contributed by atoms with Crippen LogP contribution in [0, 0.1) is 0 Å². The Kier molecular flexibility index (Phi) is 6.18. The zero-order valence-electron chi connectivity index (χ0n) is 18.2. The highest BCUT2D eigenvalue weighted by Crippen LogP contribution is 2.33. The molecule has 33 heavy (non-hydrogen) atoms. The van der Waals surface area contributed by atoms with Gasteiger partial charge in [-0.2, -0.15) is 0 Å². The van der Waals surface area contributed by atoms with Gasteiger partial charge in [0.1, 0.15) is 0 Å². The van der Waals surface area contributed by atoms with Crippen molar-refractivity contribution in [3.05, 3.63) is 48.0 Å². The Labute approximate surface area is 199 Å². The van der Waals surface area contributed by atoms with Gasteiger partial charge in [0.15, 0.2) is 5.13 Å². The Morgan fingerprint density at radius 1 is 1.21 bits per heavy atom. The van der Waals surface area contributed by atoms with Crippen molar-refractivity contribution in [2.24, 2.45) is 0 Å². The van der Waals surface area contributed by atoms with E-state index in [1.54, 1.807) is 40.9 Å². The van der Waals surface area contributed by atoms with E-state index in [-0.39, 0.29) is 36.7 Å². The van der Waals surface area contributed by atoms with Gasteiger partial charge in [-0.1, -0.05) is 17.4 Å². The van der Waals surface area contributed by atoms with Crippen molar-refractivity contribution < 1.29 is 19.1 Å². The van der Waals surface area contributed by atoms with Crippen molar-refractivity contribution in [1.29, 1.82) is 0 Å². The van der Waals surface area contributed by atoms with Crippen LogP contribution < -0.4 is 9.80 Å². The van der Waals surface area contributed by atoms with E-state index in [0.717, 1.165) is 28.0 Å². The van der Waals surface area contributed by atoms with Crippen LogP contribution in [0.3, 0.4) is 0 Å². The molecule has 3 aromatic rings. The summed E-state index contributed by atoms with van der Waals surface area (Å²) < 4.78 is 6.83. The van der Waals surface area contributed by atoms with E-state index in [2.05, 4.69) is 6.07 Å². The van der Waals surface area contributed by atoms with E-state index in [4.69, 9.17) is 9.72 Å². The molecule has 0 saturated carbocycles. The molecule has 7 nitrogen and oxygen atoms in total. The van der Waals surface area contributed by atoms with Gasteiger partial charge in [0.2, 0.25) is 11.8 Å². The average molecular weight is 482 g/mol. The topological polar surface area (TPSA) is 79.8 Å². The smallest absolute Gasteiger partial charge is 0.260 e. The number of benzene rings is 2. The third kappa shape index (κ3) is 4.40. The first kappa shape index (κ1) is 22.1. The lowest BCUT2D eigenvalue weighted by Gasteiger charge is -2.23. The van der Waals surface area contributed by atoms with Gasteiger partial charge >= 0.3 is 0 Å². The lowest BCUT2D eigenvalue weighted by atomic mass is 10.1. The van der Waals surface area contributed by atoms with Crippen molar-refractivity contribution >= 4 is 61.9 Å². The molecule has 5 rings (SSSR count). The first-order chi connectivity index (χ1) is 16.0. The molecule has 1 atom stereocenters. The summed E-state index contributed by atoms with van der Waals surface area (Å²) in [7, 11) is 0. The van der Waals surface area contributed by atoms with Gasteiger partial charge in [0.25, 0.3) is 5.91 Å². The van der Waals surface area contributed by atoms with Gasteiger partial charge in [-0.05, 0) is 55.5 Å². The standard InChI is InChI=1S/C24H23N3O4S2/c1-32-18-7-8-19-20(13-18)33-24(25-19)26(14-17-6-3-11-31-17)23(30)15-4-2-5-16(12-15)27-21(28)9-10-22(27)29/h2,4-5,7-8,12-13,17H,3,6,9-11,14H2,1H3. The van der Waals surface area contributed by atoms with Crippen LogP contribution in [-0.2, 0) is 14.3 Å². The Balaban J connectivity index is 1.50. The molecular weight excluding hydrogens is 458 g/mol. The number of hydrogen-bond acceptors (Lipinski definition) is 7. The summed E-state index contributed by atoms with van der Waals surface area (Å²) in [5.74, 6) is -0.705. The summed E-state index contributed by atoms with van der Waals surface area (Å²) in [4.78, 5) is 46.8. The zero-order chi connectivity index (χ0) is 22.9. The highest BCUT2D eigenvalue weighted by molar-refractivity contribution is 7.98. The van der Waals surface area contributed by atoms with E-state index in [9.17, 15) is 14.4 Å². The van der Waals surface area contributed by atoms with E-state index in [1.165, 1.54) is 16.2 Å². The summed E-state index contributed by atoms with van der Waals surface area (Å²) in [5.41, 5.74) is 1.68. The van der Waals surface area contributed by atoms with Crippen molar-refractivity contribution in [3.63, 3.8) is 0 Å². The molecule has 0 radical (unpaired) electrons. The van der Waals surface area contributed by atoms with Crippen molar-refractivity contribution in [1.82, 2.24) is 4.98 Å². The Morgan fingerprint density at radius 2 is 2.03 bits per heavy atom. The van der Waals surface area contributed by atoms with Gasteiger partial charge in [-0.25, -0.2) is 4.98 Å². The van der Waals surface area contributed by atoms with Crippen LogP contribution in [-0.4, -0.2) is 48.2 Å². The summed E-state index contributed by atoms with van der Waals surface area (Å²) >= 11 is 3.14. The number of thiazole rings is 1. The van der Waals surface area contributed by atoms with Crippen molar-refractivity contribution in [2.75, 3.05) is 29.2 Å². The van der Waals surface area contributed by atoms with Crippen LogP contribution in [0.15, 0.2) is 47.4 Å². The molecule has 3 heterocycles. The average Bonchev–Trinajstić information content (AvgIpc) is 3.56. The largest absolute Gasteiger partial charge is 0.376 e. The van der Waals surface area contributed by atoms with Gasteiger partial charge in [0, 0.05) is 29.9 Å². The number of rotatable bonds is 6. The van der Waals surface area contributed by atoms with Gasteiger partial charge < -0.3 is 4.74 Å². The highest BCUT2D eigenvalue weighted by Gasteiger charge is 2.32. The molecule has 170 valence electrons. The second-order valence-electron chi connectivity index (χ2n) is 8.05. The highest BCUT2D eigenvalue weighted by atomic mass is 32.2. The fourth-order valence-corrected chi connectivity index (χ4v) is 5.70. The molecule has 1 aromatic heterocycles. The van der Waals surface area contributed by atoms with Crippen LogP contribution in [0.5, 0.6) is 0 Å². The third-order valence-electron chi connectivity index (χ3n) is 5.87. The minimum atomic E-state index is -0.239. The number of thioether (sulfide) groups is 1. The van der Waals surface area contributed by atoms with Gasteiger partial charge in [-0.3, -0.25) is 24.2 Å². The fourth-order valence-electron chi connectivity index (χ4n) is 4.17. The van der Waals surface area contributed by atoms with E-state index < -0.39 is 0 Å². The Morgan fingerprint density at radius 3 is 2.76 bits per heavy atom. The first-order valence-corrected chi connectivity index (χ1v) is 12.9. The number of aromatic nitrogens is 1. The SMILES string of the molecule is CSc1ccc2nc(N(CC3CCCO3)C(=O)c3cccc(N4C(=O)CCC4=O)c3)sc2c1. The first-order valence-electron chi connectivity index (χ1n) is 10.9. The molecule has 0 N–H and O–H groups in total. The van der Waals surface area contributed by atoms with Crippen LogP contribution in [0.25, 0.3) is 10.2 Å². The molecule has 1 unspecified atom stereocenters. The number of anilines is 2. The predicted molar refractivity (Wildman–Crippen MR) is 130 cm³/mol. The van der Waals surface area contributed by atoms with E-state index >= 15 is 0 Å². The normalized spacial score (nSPS) is 18.5. The lowest BCUT2D eigenvalue weighted by Crippen LogP contribution is -2.37. The van der Waals surface area contributed by atoms with Crippen molar-refractivity contribution in [2.45, 2.75) is 36.7 Å².